The van der Waals surface area contributed by atoms with Crippen LogP contribution in [0.15, 0.2) is 24.3 Å². The molecule has 1 amide bonds. The van der Waals surface area contributed by atoms with Gasteiger partial charge in [-0.15, -0.1) is 0 Å². The monoisotopic (exact) mass is 290 g/mol. The van der Waals surface area contributed by atoms with Gasteiger partial charge < -0.3 is 15.8 Å². The van der Waals surface area contributed by atoms with Crippen molar-refractivity contribution in [2.45, 2.75) is 44.9 Å². The molecule has 0 aliphatic heterocycles. The maximum absolute atomic E-state index is 11.7. The van der Waals surface area contributed by atoms with Gasteiger partial charge in [0.15, 0.2) is 0 Å². The summed E-state index contributed by atoms with van der Waals surface area (Å²) in [6, 6.07) is 7.34. The number of benzene rings is 1. The third-order valence-corrected chi connectivity index (χ3v) is 4.11. The summed E-state index contributed by atoms with van der Waals surface area (Å²) < 4.78 is 5.52. The van der Waals surface area contributed by atoms with E-state index in [1.54, 1.807) is 6.07 Å². The smallest absolute Gasteiger partial charge is 0.223 e. The Morgan fingerprint density at radius 1 is 1.24 bits per heavy atom. The average molecular weight is 290 g/mol. The summed E-state index contributed by atoms with van der Waals surface area (Å²) in [6.45, 7) is 1.15. The van der Waals surface area contributed by atoms with Crippen LogP contribution in [0.2, 0.25) is 0 Å². The third-order valence-electron chi connectivity index (χ3n) is 4.11. The van der Waals surface area contributed by atoms with E-state index in [1.165, 1.54) is 32.1 Å². The van der Waals surface area contributed by atoms with Crippen molar-refractivity contribution in [1.29, 1.82) is 0 Å². The van der Waals surface area contributed by atoms with Crippen LogP contribution in [0.25, 0.3) is 0 Å². The Bertz CT molecular complexity index is 442. The number of para-hydroxylation sites is 2. The molecule has 0 spiro atoms. The largest absolute Gasteiger partial charge is 0.491 e. The van der Waals surface area contributed by atoms with E-state index in [4.69, 9.17) is 10.5 Å². The minimum absolute atomic E-state index is 0.0558. The highest BCUT2D eigenvalue weighted by molar-refractivity contribution is 5.75. The van der Waals surface area contributed by atoms with Crippen LogP contribution in [0.3, 0.4) is 0 Å². The Labute approximate surface area is 127 Å². The van der Waals surface area contributed by atoms with Crippen molar-refractivity contribution >= 4 is 11.6 Å². The van der Waals surface area contributed by atoms with E-state index in [-0.39, 0.29) is 5.91 Å². The van der Waals surface area contributed by atoms with Crippen LogP contribution >= 0.6 is 0 Å². The summed E-state index contributed by atoms with van der Waals surface area (Å²) >= 11 is 0. The zero-order valence-corrected chi connectivity index (χ0v) is 12.6. The second kappa shape index (κ2) is 8.55. The predicted octanol–water partition coefficient (Wildman–Crippen LogP) is 3.12. The molecule has 1 fully saturated rings. The number of ether oxygens (including phenoxy) is 1. The molecule has 116 valence electrons. The summed E-state index contributed by atoms with van der Waals surface area (Å²) in [6.07, 6.45) is 8.22. The highest BCUT2D eigenvalue weighted by atomic mass is 16.5. The molecule has 21 heavy (non-hydrogen) atoms. The molecule has 0 bridgehead atoms. The van der Waals surface area contributed by atoms with Crippen molar-refractivity contribution in [3.8, 4) is 5.75 Å². The van der Waals surface area contributed by atoms with Crippen molar-refractivity contribution in [3.05, 3.63) is 24.3 Å². The Kier molecular flexibility index (Phi) is 6.38. The Balaban J connectivity index is 1.56. The Morgan fingerprint density at radius 2 is 2.00 bits per heavy atom. The number of carbonyl (C=O) groups is 1. The highest BCUT2D eigenvalue weighted by Gasteiger charge is 2.13. The number of rotatable bonds is 7. The number of hydrogen-bond donors (Lipinski definition) is 2. The van der Waals surface area contributed by atoms with Gasteiger partial charge in [-0.05, 0) is 24.5 Å². The van der Waals surface area contributed by atoms with Gasteiger partial charge in [0.25, 0.3) is 0 Å². The molecule has 4 nitrogen and oxygen atoms in total. The molecule has 3 N–H and O–H groups in total. The molecule has 1 aliphatic carbocycles. The second-order valence-corrected chi connectivity index (χ2v) is 5.78. The lowest BCUT2D eigenvalue weighted by molar-refractivity contribution is -0.121. The highest BCUT2D eigenvalue weighted by Crippen LogP contribution is 2.25. The minimum atomic E-state index is 0.0558. The summed E-state index contributed by atoms with van der Waals surface area (Å²) in [4.78, 5) is 11.7. The van der Waals surface area contributed by atoms with Gasteiger partial charge in [-0.1, -0.05) is 44.2 Å². The first-order valence-corrected chi connectivity index (χ1v) is 7.99. The fourth-order valence-electron chi connectivity index (χ4n) is 2.85. The van der Waals surface area contributed by atoms with E-state index < -0.39 is 0 Å². The lowest BCUT2D eigenvalue weighted by Gasteiger charge is -2.21. The zero-order valence-electron chi connectivity index (χ0n) is 12.6. The van der Waals surface area contributed by atoms with Crippen molar-refractivity contribution in [2.75, 3.05) is 18.9 Å². The first-order valence-electron chi connectivity index (χ1n) is 7.99. The van der Waals surface area contributed by atoms with Crippen molar-refractivity contribution in [1.82, 2.24) is 5.32 Å². The van der Waals surface area contributed by atoms with Gasteiger partial charge in [-0.2, -0.15) is 0 Å². The quantitative estimate of drug-likeness (QED) is 0.758. The van der Waals surface area contributed by atoms with E-state index in [1.807, 2.05) is 18.2 Å². The van der Waals surface area contributed by atoms with Crippen molar-refractivity contribution in [2.24, 2.45) is 5.92 Å². The maximum atomic E-state index is 11.7. The van der Waals surface area contributed by atoms with Crippen LogP contribution in [0, 0.1) is 5.92 Å². The minimum Gasteiger partial charge on any atom is -0.491 e. The molecule has 0 atom stereocenters. The topological polar surface area (TPSA) is 64.3 Å². The maximum Gasteiger partial charge on any atom is 0.223 e. The fourth-order valence-corrected chi connectivity index (χ4v) is 2.85. The normalized spacial score (nSPS) is 15.6. The van der Waals surface area contributed by atoms with Gasteiger partial charge in [-0.3, -0.25) is 4.79 Å². The molecule has 1 aliphatic rings. The first kappa shape index (κ1) is 15.7. The van der Waals surface area contributed by atoms with Crippen LogP contribution in [0.1, 0.15) is 44.9 Å². The molecule has 4 heteroatoms. The molecule has 1 saturated carbocycles. The second-order valence-electron chi connectivity index (χ2n) is 5.78. The van der Waals surface area contributed by atoms with Crippen LogP contribution in [-0.4, -0.2) is 19.1 Å². The zero-order chi connectivity index (χ0) is 14.9. The number of nitrogens with one attached hydrogen (secondary N) is 1. The number of amides is 1. The molecule has 0 radical (unpaired) electrons. The number of nitrogen functional groups attached to an aromatic ring is 1. The fraction of sp³-hybridized carbons (Fsp3) is 0.588. The van der Waals surface area contributed by atoms with Gasteiger partial charge in [-0.25, -0.2) is 0 Å². The van der Waals surface area contributed by atoms with E-state index in [9.17, 15) is 4.79 Å². The number of carbonyl (C=O) groups excluding carboxylic acids is 1. The Morgan fingerprint density at radius 3 is 2.76 bits per heavy atom. The number of anilines is 1. The van der Waals surface area contributed by atoms with Crippen LogP contribution in [-0.2, 0) is 4.79 Å². The first-order chi connectivity index (χ1) is 10.3. The Hall–Kier alpha value is -1.71. The molecular weight excluding hydrogens is 264 g/mol. The molecule has 0 aromatic heterocycles. The van der Waals surface area contributed by atoms with Crippen LogP contribution < -0.4 is 15.8 Å². The molecule has 0 unspecified atom stereocenters. The van der Waals surface area contributed by atoms with Crippen molar-refractivity contribution < 1.29 is 9.53 Å². The van der Waals surface area contributed by atoms with E-state index in [0.717, 1.165) is 18.9 Å². The molecule has 1 aromatic carbocycles. The van der Waals surface area contributed by atoms with Gasteiger partial charge in [0.05, 0.1) is 18.7 Å². The summed E-state index contributed by atoms with van der Waals surface area (Å²) in [5, 5.41) is 2.98. The SMILES string of the molecule is Nc1ccccc1OCCC(=O)NCCC1CCCCC1. The third kappa shape index (κ3) is 5.66. The summed E-state index contributed by atoms with van der Waals surface area (Å²) in [7, 11) is 0. The van der Waals surface area contributed by atoms with Gasteiger partial charge in [0.1, 0.15) is 5.75 Å². The van der Waals surface area contributed by atoms with E-state index >= 15 is 0 Å². The molecule has 1 aromatic rings. The van der Waals surface area contributed by atoms with Gasteiger partial charge in [0.2, 0.25) is 5.91 Å². The average Bonchev–Trinajstić information content (AvgIpc) is 2.50. The molecule has 0 saturated heterocycles. The van der Waals surface area contributed by atoms with Crippen LogP contribution in [0.4, 0.5) is 5.69 Å². The molecular formula is C17H26N2O2. The van der Waals surface area contributed by atoms with Gasteiger partial charge in [0, 0.05) is 6.54 Å². The summed E-state index contributed by atoms with van der Waals surface area (Å²) in [5.41, 5.74) is 6.38. The lowest BCUT2D eigenvalue weighted by atomic mass is 9.87. The van der Waals surface area contributed by atoms with Crippen LogP contribution in [0.5, 0.6) is 5.75 Å². The van der Waals surface area contributed by atoms with Crippen molar-refractivity contribution in [3.63, 3.8) is 0 Å². The van der Waals surface area contributed by atoms with Gasteiger partial charge >= 0.3 is 0 Å². The van der Waals surface area contributed by atoms with E-state index in [2.05, 4.69) is 5.32 Å². The lowest BCUT2D eigenvalue weighted by Crippen LogP contribution is -2.27. The predicted molar refractivity (Wildman–Crippen MR) is 85.2 cm³/mol. The molecule has 2 rings (SSSR count). The number of nitrogens with two attached hydrogens (primary N) is 1. The molecule has 0 heterocycles. The van der Waals surface area contributed by atoms with E-state index in [0.29, 0.717) is 24.5 Å². The number of hydrogen-bond acceptors (Lipinski definition) is 3. The summed E-state index contributed by atoms with van der Waals surface area (Å²) in [5.74, 6) is 1.51. The standard InChI is InChI=1S/C17H26N2O2/c18-15-8-4-5-9-16(15)21-13-11-17(20)19-12-10-14-6-2-1-3-7-14/h4-5,8-9,14H,1-3,6-7,10-13,18H2,(H,19,20).